The number of hydrogen-bond donors (Lipinski definition) is 0. The van der Waals surface area contributed by atoms with Gasteiger partial charge in [0.25, 0.3) is 0 Å². The van der Waals surface area contributed by atoms with Crippen LogP contribution < -0.4 is 9.47 Å². The van der Waals surface area contributed by atoms with Crippen LogP contribution in [-0.4, -0.2) is 61.1 Å². The van der Waals surface area contributed by atoms with E-state index in [1.54, 1.807) is 6.07 Å². The molecule has 9 nitrogen and oxygen atoms in total. The Morgan fingerprint density at radius 3 is 2.75 bits per heavy atom. The number of nitrogens with zero attached hydrogens (tertiary/aromatic N) is 6. The summed E-state index contributed by atoms with van der Waals surface area (Å²) >= 11 is 0. The van der Waals surface area contributed by atoms with Crippen molar-refractivity contribution in [1.29, 1.82) is 0 Å². The molecule has 2 aliphatic rings. The third-order valence-corrected chi connectivity index (χ3v) is 5.68. The van der Waals surface area contributed by atoms with Gasteiger partial charge < -0.3 is 18.9 Å². The molecular weight excluding hydrogens is 422 g/mol. The molecule has 3 aromatic heterocycles. The smallest absolute Gasteiger partial charge is 0.388 e. The molecule has 0 spiro atoms. The summed E-state index contributed by atoms with van der Waals surface area (Å²) in [5.74, 6) is 1.17. The molecule has 0 N–H and O–H groups in total. The summed E-state index contributed by atoms with van der Waals surface area (Å²) in [6, 6.07) is 2.98. The number of aryl methyl sites for hydroxylation is 1. The van der Waals surface area contributed by atoms with Crippen LogP contribution >= 0.6 is 0 Å². The standard InChI is InChI=1S/C21H22F2N6O3/c1-2-29-17(13-5-6-15(24-9-13)32-21(22)23)27-16-18(29)25-11-26-19(16)31-14-7-8-28(10-14)20(30)12-3-4-12/h5-6,9,11-12,14,21H,2-4,7-8,10H2,1H3/t14-/m0/s1. The number of alkyl halides is 2. The van der Waals surface area contributed by atoms with Gasteiger partial charge >= 0.3 is 6.61 Å². The van der Waals surface area contributed by atoms with Gasteiger partial charge in [0.1, 0.15) is 18.3 Å². The highest BCUT2D eigenvalue weighted by molar-refractivity contribution is 5.82. The quantitative estimate of drug-likeness (QED) is 0.553. The van der Waals surface area contributed by atoms with E-state index in [4.69, 9.17) is 4.74 Å². The van der Waals surface area contributed by atoms with E-state index in [9.17, 15) is 13.6 Å². The fourth-order valence-corrected chi connectivity index (χ4v) is 3.97. The molecule has 0 aromatic carbocycles. The molecule has 1 aliphatic carbocycles. The zero-order valence-corrected chi connectivity index (χ0v) is 17.4. The number of fused-ring (bicyclic) bond motifs is 1. The number of pyridine rings is 1. The molecule has 1 atom stereocenters. The lowest BCUT2D eigenvalue weighted by Gasteiger charge is -2.16. The number of carbonyl (C=O) groups is 1. The summed E-state index contributed by atoms with van der Waals surface area (Å²) in [6.45, 7) is 0.812. The van der Waals surface area contributed by atoms with Crippen molar-refractivity contribution in [2.45, 2.75) is 45.4 Å². The molecule has 0 bridgehead atoms. The number of amides is 1. The molecule has 0 radical (unpaired) electrons. The predicted octanol–water partition coefficient (Wildman–Crippen LogP) is 2.90. The summed E-state index contributed by atoms with van der Waals surface area (Å²) in [4.78, 5) is 31.4. The Morgan fingerprint density at radius 2 is 2.06 bits per heavy atom. The van der Waals surface area contributed by atoms with Gasteiger partial charge in [0.15, 0.2) is 11.2 Å². The van der Waals surface area contributed by atoms with Gasteiger partial charge in [0.2, 0.25) is 17.7 Å². The van der Waals surface area contributed by atoms with Gasteiger partial charge in [-0.05, 0) is 25.8 Å². The highest BCUT2D eigenvalue weighted by atomic mass is 19.3. The van der Waals surface area contributed by atoms with Gasteiger partial charge in [0, 0.05) is 43.3 Å². The first kappa shape index (κ1) is 20.5. The maximum Gasteiger partial charge on any atom is 0.388 e. The predicted molar refractivity (Wildman–Crippen MR) is 109 cm³/mol. The third-order valence-electron chi connectivity index (χ3n) is 5.68. The molecule has 1 aliphatic heterocycles. The van der Waals surface area contributed by atoms with Crippen LogP contribution in [0.15, 0.2) is 24.7 Å². The van der Waals surface area contributed by atoms with Crippen LogP contribution in [-0.2, 0) is 11.3 Å². The van der Waals surface area contributed by atoms with Gasteiger partial charge in [-0.2, -0.15) is 13.8 Å². The van der Waals surface area contributed by atoms with E-state index in [2.05, 4.69) is 24.7 Å². The third kappa shape index (κ3) is 3.94. The molecule has 11 heteroatoms. The number of halogens is 2. The van der Waals surface area contributed by atoms with Crippen LogP contribution in [0.25, 0.3) is 22.6 Å². The molecule has 1 saturated heterocycles. The summed E-state index contributed by atoms with van der Waals surface area (Å²) in [5.41, 5.74) is 1.73. The average molecular weight is 444 g/mol. The van der Waals surface area contributed by atoms with Crippen LogP contribution in [0, 0.1) is 5.92 Å². The van der Waals surface area contributed by atoms with Crippen LogP contribution in [0.5, 0.6) is 11.8 Å². The van der Waals surface area contributed by atoms with Crippen molar-refractivity contribution in [2.24, 2.45) is 5.92 Å². The van der Waals surface area contributed by atoms with Crippen molar-refractivity contribution >= 4 is 17.1 Å². The van der Waals surface area contributed by atoms with Crippen LogP contribution in [0.3, 0.4) is 0 Å². The number of rotatable bonds is 7. The number of hydrogen-bond acceptors (Lipinski definition) is 7. The molecule has 5 rings (SSSR count). The highest BCUT2D eigenvalue weighted by Crippen LogP contribution is 2.33. The van der Waals surface area contributed by atoms with Gasteiger partial charge in [-0.25, -0.2) is 15.0 Å². The zero-order valence-electron chi connectivity index (χ0n) is 17.4. The highest BCUT2D eigenvalue weighted by Gasteiger charge is 2.37. The lowest BCUT2D eigenvalue weighted by Crippen LogP contribution is -2.32. The summed E-state index contributed by atoms with van der Waals surface area (Å²) in [6.07, 6.45) is 5.40. The van der Waals surface area contributed by atoms with Crippen molar-refractivity contribution in [2.75, 3.05) is 13.1 Å². The Morgan fingerprint density at radius 1 is 1.22 bits per heavy atom. The first-order valence-electron chi connectivity index (χ1n) is 10.6. The molecule has 32 heavy (non-hydrogen) atoms. The molecular formula is C21H22F2N6O3. The zero-order chi connectivity index (χ0) is 22.2. The molecule has 1 saturated carbocycles. The van der Waals surface area contributed by atoms with Crippen molar-refractivity contribution in [3.05, 3.63) is 24.7 Å². The van der Waals surface area contributed by atoms with Gasteiger partial charge in [-0.1, -0.05) is 0 Å². The number of ether oxygens (including phenoxy) is 2. The Labute approximate surface area is 182 Å². The normalized spacial score (nSPS) is 18.5. The minimum atomic E-state index is -2.94. The Balaban J connectivity index is 1.40. The Hall–Kier alpha value is -3.37. The monoisotopic (exact) mass is 444 g/mol. The van der Waals surface area contributed by atoms with E-state index in [0.29, 0.717) is 48.1 Å². The second-order valence-corrected chi connectivity index (χ2v) is 7.88. The second kappa shape index (κ2) is 8.29. The Kier molecular flexibility index (Phi) is 5.32. The maximum atomic E-state index is 12.4. The van der Waals surface area contributed by atoms with Crippen LogP contribution in [0.1, 0.15) is 26.2 Å². The summed E-state index contributed by atoms with van der Waals surface area (Å²) < 4.78 is 37.1. The lowest BCUT2D eigenvalue weighted by molar-refractivity contribution is -0.131. The number of aromatic nitrogens is 5. The number of imidazole rings is 1. The fourth-order valence-electron chi connectivity index (χ4n) is 3.97. The van der Waals surface area contributed by atoms with Crippen molar-refractivity contribution in [3.8, 4) is 23.1 Å². The SMILES string of the molecule is CCn1c(-c2ccc(OC(F)F)nc2)nc2c(O[C@H]3CCN(C(=O)C4CC4)C3)ncnc21. The van der Waals surface area contributed by atoms with E-state index >= 15 is 0 Å². The topological polar surface area (TPSA) is 95.3 Å². The molecule has 0 unspecified atom stereocenters. The summed E-state index contributed by atoms with van der Waals surface area (Å²) in [5, 5.41) is 0. The fraction of sp³-hybridized carbons (Fsp3) is 0.476. The van der Waals surface area contributed by atoms with Gasteiger partial charge in [0.05, 0.1) is 6.54 Å². The van der Waals surface area contributed by atoms with Crippen molar-refractivity contribution < 1.29 is 23.0 Å². The lowest BCUT2D eigenvalue weighted by atomic mass is 10.2. The van der Waals surface area contributed by atoms with Crippen molar-refractivity contribution in [3.63, 3.8) is 0 Å². The molecule has 4 heterocycles. The number of likely N-dealkylation sites (tertiary alicyclic amines) is 1. The van der Waals surface area contributed by atoms with E-state index in [-0.39, 0.29) is 23.8 Å². The van der Waals surface area contributed by atoms with Crippen molar-refractivity contribution in [1.82, 2.24) is 29.4 Å². The molecule has 2 fully saturated rings. The van der Waals surface area contributed by atoms with Crippen LogP contribution in [0.4, 0.5) is 8.78 Å². The first-order valence-corrected chi connectivity index (χ1v) is 10.6. The molecule has 1 amide bonds. The van der Waals surface area contributed by atoms with Gasteiger partial charge in [-0.3, -0.25) is 4.79 Å². The largest absolute Gasteiger partial charge is 0.471 e. The summed E-state index contributed by atoms with van der Waals surface area (Å²) in [7, 11) is 0. The molecule has 3 aromatic rings. The van der Waals surface area contributed by atoms with Crippen LogP contribution in [0.2, 0.25) is 0 Å². The maximum absolute atomic E-state index is 12.4. The van der Waals surface area contributed by atoms with E-state index in [1.165, 1.54) is 18.6 Å². The second-order valence-electron chi connectivity index (χ2n) is 7.88. The number of carbonyl (C=O) groups excluding carboxylic acids is 1. The average Bonchev–Trinajstić information content (AvgIpc) is 3.41. The minimum absolute atomic E-state index is 0.154. The first-order chi connectivity index (χ1) is 15.5. The minimum Gasteiger partial charge on any atom is -0.471 e. The van der Waals surface area contributed by atoms with E-state index in [0.717, 1.165) is 19.3 Å². The van der Waals surface area contributed by atoms with E-state index < -0.39 is 6.61 Å². The van der Waals surface area contributed by atoms with E-state index in [1.807, 2.05) is 16.4 Å². The van der Waals surface area contributed by atoms with Gasteiger partial charge in [-0.15, -0.1) is 0 Å². The molecule has 168 valence electrons. The Bertz CT molecular complexity index is 1130.